The molecule has 0 radical (unpaired) electrons. The molecule has 1 unspecified atom stereocenters. The van der Waals surface area contributed by atoms with Gasteiger partial charge in [-0.05, 0) is 65.9 Å². The first-order chi connectivity index (χ1) is 14.6. The highest BCUT2D eigenvalue weighted by molar-refractivity contribution is 5.78. The van der Waals surface area contributed by atoms with E-state index in [0.29, 0.717) is 6.54 Å². The van der Waals surface area contributed by atoms with E-state index < -0.39 is 11.7 Å². The van der Waals surface area contributed by atoms with Crippen molar-refractivity contribution in [2.24, 2.45) is 11.8 Å². The number of hydrogen-bond donors (Lipinski definition) is 1. The van der Waals surface area contributed by atoms with Crippen LogP contribution in [0.2, 0.25) is 0 Å². The number of fused-ring (bicyclic) bond motifs is 1. The number of aliphatic hydroxyl groups is 1. The molecule has 1 N–H and O–H groups in total. The zero-order valence-electron chi connectivity index (χ0n) is 19.7. The number of hydrogen-bond acceptors (Lipinski definition) is 4. The van der Waals surface area contributed by atoms with Crippen molar-refractivity contribution in [1.82, 2.24) is 14.5 Å². The van der Waals surface area contributed by atoms with Crippen molar-refractivity contribution in [1.29, 1.82) is 0 Å². The Morgan fingerprint density at radius 1 is 1.48 bits per heavy atom. The predicted octanol–water partition coefficient (Wildman–Crippen LogP) is 4.99. The number of ether oxygens (including phenoxy) is 1. The minimum atomic E-state index is -0.516. The largest absolute Gasteiger partial charge is 0.444 e. The summed E-state index contributed by atoms with van der Waals surface area (Å²) in [5, 5.41) is 11.1. The normalized spacial score (nSPS) is 26.5. The van der Waals surface area contributed by atoms with Gasteiger partial charge in [0, 0.05) is 24.1 Å². The number of imidazole rings is 1. The lowest BCUT2D eigenvalue weighted by Gasteiger charge is -2.47. The molecule has 1 aromatic rings. The highest BCUT2D eigenvalue weighted by Crippen LogP contribution is 2.51. The molecule has 0 saturated heterocycles. The molecule has 3 rings (SSSR count). The predicted molar refractivity (Wildman–Crippen MR) is 123 cm³/mol. The monoisotopic (exact) mass is 427 g/mol. The van der Waals surface area contributed by atoms with Gasteiger partial charge in [0.25, 0.3) is 0 Å². The van der Waals surface area contributed by atoms with Gasteiger partial charge >= 0.3 is 6.09 Å². The van der Waals surface area contributed by atoms with Crippen molar-refractivity contribution in [3.63, 3.8) is 0 Å². The molecule has 1 aliphatic heterocycles. The third-order valence-electron chi connectivity index (χ3n) is 6.56. The number of carbonyl (C=O) groups excluding carboxylic acids is 1. The van der Waals surface area contributed by atoms with Gasteiger partial charge in [-0.3, -0.25) is 0 Å². The summed E-state index contributed by atoms with van der Waals surface area (Å²) in [6, 6.07) is 0.132. The molecular weight excluding hydrogens is 390 g/mol. The molecule has 1 fully saturated rings. The number of aromatic nitrogens is 2. The van der Waals surface area contributed by atoms with Gasteiger partial charge < -0.3 is 19.3 Å². The van der Waals surface area contributed by atoms with Gasteiger partial charge in [0.15, 0.2) is 0 Å². The highest BCUT2D eigenvalue weighted by atomic mass is 16.6. The van der Waals surface area contributed by atoms with Crippen molar-refractivity contribution in [3.8, 4) is 0 Å². The second-order valence-corrected chi connectivity index (χ2v) is 9.82. The Bertz CT molecular complexity index is 877. The summed E-state index contributed by atoms with van der Waals surface area (Å²) in [5.41, 5.74) is 2.99. The van der Waals surface area contributed by atoms with Gasteiger partial charge in [-0.15, -0.1) is 0 Å². The fraction of sp³-hybridized carbons (Fsp3) is 0.600. The SMILES string of the molecule is C=C/C=C\C1=C(C)[C@H]([C@H]2CC(C[C@H](C)N(CC)C(=O)OC(C)(C)C)[C@H]2O)n2cncc21. The zero-order valence-corrected chi connectivity index (χ0v) is 19.7. The van der Waals surface area contributed by atoms with Crippen LogP contribution >= 0.6 is 0 Å². The van der Waals surface area contributed by atoms with E-state index >= 15 is 0 Å². The Kier molecular flexibility index (Phi) is 6.79. The van der Waals surface area contributed by atoms with E-state index in [4.69, 9.17) is 4.74 Å². The van der Waals surface area contributed by atoms with Crippen molar-refractivity contribution in [3.05, 3.63) is 48.6 Å². The third-order valence-corrected chi connectivity index (χ3v) is 6.56. The standard InChI is InChI=1S/C25H37N3O3/c1-8-10-11-19-17(4)22(28-15-26-14-21(19)28)20-13-18(23(20)29)12-16(3)27(9-2)24(30)31-25(5,6)7/h8,10-11,14-16,18,20,22-23,29H,1,9,12-13H2,2-7H3/b11-10-/t16-,18?,20+,22+,23+/m0/s1. The number of allylic oxidation sites excluding steroid dienone is 5. The van der Waals surface area contributed by atoms with Crippen LogP contribution < -0.4 is 0 Å². The zero-order chi connectivity index (χ0) is 22.9. The summed E-state index contributed by atoms with van der Waals surface area (Å²) in [5.74, 6) is 0.320. The van der Waals surface area contributed by atoms with E-state index in [0.717, 1.165) is 24.1 Å². The summed E-state index contributed by atoms with van der Waals surface area (Å²) in [7, 11) is 0. The van der Waals surface area contributed by atoms with Gasteiger partial charge in [-0.25, -0.2) is 9.78 Å². The van der Waals surface area contributed by atoms with Gasteiger partial charge in [-0.2, -0.15) is 0 Å². The second-order valence-electron chi connectivity index (χ2n) is 9.82. The number of amides is 1. The van der Waals surface area contributed by atoms with Crippen LogP contribution in [0.25, 0.3) is 5.57 Å². The van der Waals surface area contributed by atoms with E-state index in [1.165, 1.54) is 5.57 Å². The van der Waals surface area contributed by atoms with Crippen LogP contribution in [-0.2, 0) is 4.74 Å². The molecule has 1 aliphatic carbocycles. The minimum absolute atomic E-state index is 0.00978. The maximum atomic E-state index is 12.6. The van der Waals surface area contributed by atoms with Crippen LogP contribution in [0.1, 0.15) is 66.1 Å². The fourth-order valence-electron chi connectivity index (χ4n) is 5.05. The maximum Gasteiger partial charge on any atom is 0.410 e. The summed E-state index contributed by atoms with van der Waals surface area (Å²) in [4.78, 5) is 18.7. The van der Waals surface area contributed by atoms with Crippen molar-refractivity contribution in [2.75, 3.05) is 6.54 Å². The summed E-state index contributed by atoms with van der Waals surface area (Å²) in [6.45, 7) is 16.1. The molecule has 6 heteroatoms. The molecule has 6 nitrogen and oxygen atoms in total. The maximum absolute atomic E-state index is 12.6. The molecule has 1 aromatic heterocycles. The Hall–Kier alpha value is -2.34. The molecule has 0 bridgehead atoms. The number of rotatable bonds is 7. The fourth-order valence-corrected chi connectivity index (χ4v) is 5.05. The Morgan fingerprint density at radius 3 is 2.77 bits per heavy atom. The Balaban J connectivity index is 1.67. The van der Waals surface area contributed by atoms with Gasteiger partial charge in [-0.1, -0.05) is 24.8 Å². The quantitative estimate of drug-likeness (QED) is 0.623. The number of nitrogens with zero attached hydrogens (tertiary/aromatic N) is 3. The van der Waals surface area contributed by atoms with Gasteiger partial charge in [0.1, 0.15) is 5.60 Å². The lowest BCUT2D eigenvalue weighted by molar-refractivity contribution is -0.0708. The summed E-state index contributed by atoms with van der Waals surface area (Å²) >= 11 is 0. The first-order valence-corrected chi connectivity index (χ1v) is 11.3. The van der Waals surface area contributed by atoms with Crippen LogP contribution in [0.4, 0.5) is 4.79 Å². The molecule has 31 heavy (non-hydrogen) atoms. The molecule has 2 heterocycles. The topological polar surface area (TPSA) is 67.6 Å². The molecule has 0 aromatic carbocycles. The van der Waals surface area contributed by atoms with Crippen LogP contribution in [-0.4, -0.2) is 49.9 Å². The lowest BCUT2D eigenvalue weighted by Crippen LogP contribution is -2.50. The molecular formula is C25H37N3O3. The van der Waals surface area contributed by atoms with Crippen LogP contribution in [0, 0.1) is 11.8 Å². The minimum Gasteiger partial charge on any atom is -0.444 e. The van der Waals surface area contributed by atoms with Crippen LogP contribution in [0.3, 0.4) is 0 Å². The molecule has 1 amide bonds. The molecule has 2 aliphatic rings. The van der Waals surface area contributed by atoms with E-state index in [1.807, 2.05) is 53.2 Å². The van der Waals surface area contributed by atoms with E-state index in [9.17, 15) is 9.90 Å². The number of aliphatic hydroxyl groups excluding tert-OH is 1. The first-order valence-electron chi connectivity index (χ1n) is 11.3. The van der Waals surface area contributed by atoms with E-state index in [-0.39, 0.29) is 30.0 Å². The average Bonchev–Trinajstić information content (AvgIpc) is 3.23. The van der Waals surface area contributed by atoms with E-state index in [1.54, 1.807) is 11.0 Å². The van der Waals surface area contributed by atoms with Crippen LogP contribution in [0.15, 0.2) is 42.9 Å². The Morgan fingerprint density at radius 2 is 2.19 bits per heavy atom. The highest BCUT2D eigenvalue weighted by Gasteiger charge is 2.48. The lowest BCUT2D eigenvalue weighted by atomic mass is 9.65. The molecule has 170 valence electrons. The smallest absolute Gasteiger partial charge is 0.410 e. The second kappa shape index (κ2) is 9.03. The Labute approximate surface area is 186 Å². The first kappa shape index (κ1) is 23.3. The van der Waals surface area contributed by atoms with Crippen LogP contribution in [0.5, 0.6) is 0 Å². The van der Waals surface area contributed by atoms with Crippen molar-refractivity contribution >= 4 is 11.7 Å². The molecule has 1 saturated carbocycles. The molecule has 5 atom stereocenters. The van der Waals surface area contributed by atoms with E-state index in [2.05, 4.69) is 29.1 Å². The molecule has 0 spiro atoms. The average molecular weight is 428 g/mol. The van der Waals surface area contributed by atoms with Gasteiger partial charge in [0.05, 0.1) is 30.4 Å². The van der Waals surface area contributed by atoms with Crippen molar-refractivity contribution < 1.29 is 14.6 Å². The summed E-state index contributed by atoms with van der Waals surface area (Å²) in [6.07, 6.45) is 10.5. The van der Waals surface area contributed by atoms with Crippen molar-refractivity contribution in [2.45, 2.75) is 78.2 Å². The number of carbonyl (C=O) groups is 1. The van der Waals surface area contributed by atoms with Gasteiger partial charge in [0.2, 0.25) is 0 Å². The third kappa shape index (κ3) is 4.64. The summed E-state index contributed by atoms with van der Waals surface area (Å²) < 4.78 is 7.74.